The van der Waals surface area contributed by atoms with E-state index in [0.717, 1.165) is 0 Å². The van der Waals surface area contributed by atoms with Crippen molar-refractivity contribution in [3.8, 4) is 0 Å². The molecule has 0 amide bonds. The number of likely N-dealkylation sites (N-methyl/N-ethyl adjacent to an activating group) is 1. The van der Waals surface area contributed by atoms with Crippen LogP contribution >= 0.6 is 0 Å². The molecule has 2 aliphatic rings. The number of ether oxygens (including phenoxy) is 3. The quantitative estimate of drug-likeness (QED) is 0.700. The number of nitrogens with zero attached hydrogens (tertiary/aromatic N) is 2. The minimum atomic E-state index is -1.98. The van der Waals surface area contributed by atoms with E-state index in [1.54, 1.807) is 27.8 Å². The van der Waals surface area contributed by atoms with Crippen LogP contribution in [0.15, 0.2) is 15.8 Å². The lowest BCUT2D eigenvalue weighted by atomic mass is 10.0. The summed E-state index contributed by atoms with van der Waals surface area (Å²) in [6.07, 6.45) is 0.117. The van der Waals surface area contributed by atoms with Crippen molar-refractivity contribution in [1.82, 2.24) is 14.6 Å². The van der Waals surface area contributed by atoms with Gasteiger partial charge in [-0.2, -0.15) is 9.45 Å². The Bertz CT molecular complexity index is 851. The lowest BCUT2D eigenvalue weighted by Crippen LogP contribution is -2.51. The number of carbonyl (C=O) groups is 1. The van der Waals surface area contributed by atoms with Gasteiger partial charge in [0.1, 0.15) is 6.10 Å². The number of carbonyl (C=O) groups excluding carboxylic acids is 1. The van der Waals surface area contributed by atoms with Crippen LogP contribution in [0.2, 0.25) is 0 Å². The predicted octanol–water partition coefficient (Wildman–Crippen LogP) is -0.321. The van der Waals surface area contributed by atoms with E-state index in [0.29, 0.717) is 10.8 Å². The molecule has 2 aliphatic heterocycles. The lowest BCUT2D eigenvalue weighted by Gasteiger charge is -2.27. The molecular weight excluding hydrogens is 365 g/mol. The molecule has 150 valence electrons. The molecule has 1 aromatic heterocycles. The highest BCUT2D eigenvalue weighted by Crippen LogP contribution is 2.39. The first kappa shape index (κ1) is 19.7. The summed E-state index contributed by atoms with van der Waals surface area (Å²) in [4.78, 5) is 44.0. The zero-order chi connectivity index (χ0) is 20.0. The Morgan fingerprint density at radius 2 is 2.15 bits per heavy atom. The minimum absolute atomic E-state index is 0.0228. The van der Waals surface area contributed by atoms with Crippen LogP contribution in [-0.2, 0) is 29.6 Å². The van der Waals surface area contributed by atoms with Gasteiger partial charge in [0.25, 0.3) is 11.3 Å². The van der Waals surface area contributed by atoms with Gasteiger partial charge in [-0.05, 0) is 20.8 Å². The average molecular weight is 387 g/mol. The molecule has 2 saturated heterocycles. The molecular formula is C16H22FN3O7. The molecule has 1 aromatic rings. The maximum Gasteiger partial charge on any atom is 0.362 e. The molecule has 0 unspecified atom stereocenters. The summed E-state index contributed by atoms with van der Waals surface area (Å²) in [7, 11) is 1.56. The molecule has 0 aromatic carbocycles. The van der Waals surface area contributed by atoms with E-state index in [4.69, 9.17) is 19.0 Å². The third kappa shape index (κ3) is 3.43. The van der Waals surface area contributed by atoms with Crippen LogP contribution in [0.1, 0.15) is 27.2 Å². The van der Waals surface area contributed by atoms with Crippen LogP contribution in [0.5, 0.6) is 0 Å². The first-order valence-electron chi connectivity index (χ1n) is 8.52. The highest BCUT2D eigenvalue weighted by molar-refractivity contribution is 5.77. The van der Waals surface area contributed by atoms with Crippen molar-refractivity contribution in [1.29, 1.82) is 0 Å². The van der Waals surface area contributed by atoms with Crippen molar-refractivity contribution in [3.05, 3.63) is 32.9 Å². The highest BCUT2D eigenvalue weighted by atomic mass is 19.1. The summed E-state index contributed by atoms with van der Waals surface area (Å²) in [6.45, 7) is 5.37. The Balaban J connectivity index is 2.03. The van der Waals surface area contributed by atoms with Gasteiger partial charge in [-0.15, -0.1) is 0 Å². The third-order valence-electron chi connectivity index (χ3n) is 4.59. The van der Waals surface area contributed by atoms with Crippen molar-refractivity contribution in [2.45, 2.75) is 50.8 Å². The summed E-state index contributed by atoms with van der Waals surface area (Å²) in [5.74, 6) is -2.91. The summed E-state index contributed by atoms with van der Waals surface area (Å²) < 4.78 is 31.0. The number of aromatic nitrogens is 2. The molecule has 1 N–H and O–H groups in total. The number of hydrogen-bond acceptors (Lipinski definition) is 8. The molecule has 3 rings (SSSR count). The molecule has 0 saturated carbocycles. The van der Waals surface area contributed by atoms with E-state index in [1.165, 1.54) is 5.06 Å². The molecule has 0 spiro atoms. The molecule has 0 radical (unpaired) electrons. The number of H-pyrrole nitrogens is 1. The van der Waals surface area contributed by atoms with Crippen molar-refractivity contribution in [3.63, 3.8) is 0 Å². The Morgan fingerprint density at radius 1 is 1.44 bits per heavy atom. The Kier molecular flexibility index (Phi) is 4.97. The monoisotopic (exact) mass is 387 g/mol. The van der Waals surface area contributed by atoms with Crippen LogP contribution < -0.4 is 11.2 Å². The van der Waals surface area contributed by atoms with Crippen molar-refractivity contribution in [2.24, 2.45) is 0 Å². The van der Waals surface area contributed by atoms with Gasteiger partial charge in [-0.25, -0.2) is 9.59 Å². The number of hydroxylamine groups is 2. The van der Waals surface area contributed by atoms with Crippen LogP contribution in [0.25, 0.3) is 0 Å². The Labute approximate surface area is 153 Å². The smallest absolute Gasteiger partial charge is 0.362 e. The number of nitrogens with one attached hydrogen (secondary N) is 1. The van der Waals surface area contributed by atoms with Crippen molar-refractivity contribution in [2.75, 3.05) is 20.3 Å². The minimum Gasteiger partial charge on any atom is -0.462 e. The van der Waals surface area contributed by atoms with E-state index in [2.05, 4.69) is 0 Å². The summed E-state index contributed by atoms with van der Waals surface area (Å²) >= 11 is 0. The number of halogens is 1. The molecule has 3 atom stereocenters. The third-order valence-corrected chi connectivity index (χ3v) is 4.59. The fourth-order valence-corrected chi connectivity index (χ4v) is 3.35. The lowest BCUT2D eigenvalue weighted by molar-refractivity contribution is -0.243. The molecule has 0 bridgehead atoms. The number of aromatic amines is 1. The fourth-order valence-electron chi connectivity index (χ4n) is 3.35. The molecule has 27 heavy (non-hydrogen) atoms. The van der Waals surface area contributed by atoms with Gasteiger partial charge in [-0.3, -0.25) is 19.2 Å². The van der Waals surface area contributed by atoms with Crippen LogP contribution in [0, 0.1) is 5.82 Å². The van der Waals surface area contributed by atoms with Crippen molar-refractivity contribution >= 4 is 5.97 Å². The Morgan fingerprint density at radius 3 is 2.74 bits per heavy atom. The number of hydrogen-bond donors (Lipinski definition) is 1. The van der Waals surface area contributed by atoms with E-state index < -0.39 is 46.7 Å². The standard InChI is InChI=1S/C16H22FN3O7/c1-5-24-13(22)16(20-7-9(17)12(21)18-14(20)23)6-10(19(4)27-16)11-8-25-15(2,3)26-11/h7,10-11H,5-6,8H2,1-4H3,(H,18,21,23)/t10-,11+,16-/m0/s1. The van der Waals surface area contributed by atoms with Gasteiger partial charge in [0.2, 0.25) is 5.82 Å². The molecule has 0 aliphatic carbocycles. The summed E-state index contributed by atoms with van der Waals surface area (Å²) in [6, 6.07) is -0.488. The maximum atomic E-state index is 13.9. The van der Waals surface area contributed by atoms with Crippen LogP contribution in [-0.4, -0.2) is 58.8 Å². The second kappa shape index (κ2) is 6.82. The SMILES string of the molecule is CCOC(=O)[C@]1(n2cc(F)c(=O)[nH]c2=O)C[C@@H]([C@H]2COC(C)(C)O2)N(C)O1. The zero-order valence-electron chi connectivity index (χ0n) is 15.5. The Hall–Kier alpha value is -2.08. The summed E-state index contributed by atoms with van der Waals surface area (Å²) in [5, 5.41) is 1.36. The summed E-state index contributed by atoms with van der Waals surface area (Å²) in [5.41, 5.74) is -4.16. The second-order valence-electron chi connectivity index (χ2n) is 6.89. The normalized spacial score (nSPS) is 30.6. The molecule has 10 nitrogen and oxygen atoms in total. The van der Waals surface area contributed by atoms with E-state index in [9.17, 15) is 18.8 Å². The molecule has 11 heteroatoms. The van der Waals surface area contributed by atoms with E-state index in [-0.39, 0.29) is 19.6 Å². The average Bonchev–Trinajstić information content (AvgIpc) is 3.11. The molecule has 2 fully saturated rings. The van der Waals surface area contributed by atoms with Gasteiger partial charge in [0.05, 0.1) is 25.5 Å². The van der Waals surface area contributed by atoms with E-state index >= 15 is 0 Å². The number of rotatable bonds is 4. The zero-order valence-corrected chi connectivity index (χ0v) is 15.5. The van der Waals surface area contributed by atoms with Gasteiger partial charge in [0, 0.05) is 13.5 Å². The van der Waals surface area contributed by atoms with E-state index in [1.807, 2.05) is 4.98 Å². The maximum absolute atomic E-state index is 13.9. The highest BCUT2D eigenvalue weighted by Gasteiger charge is 2.57. The fraction of sp³-hybridized carbons (Fsp3) is 0.688. The largest absolute Gasteiger partial charge is 0.462 e. The number of esters is 1. The predicted molar refractivity (Wildman–Crippen MR) is 88.0 cm³/mol. The van der Waals surface area contributed by atoms with Crippen molar-refractivity contribution < 1.29 is 28.2 Å². The van der Waals surface area contributed by atoms with Gasteiger partial charge in [-0.1, -0.05) is 0 Å². The van der Waals surface area contributed by atoms with Crippen LogP contribution in [0.3, 0.4) is 0 Å². The molecule has 3 heterocycles. The van der Waals surface area contributed by atoms with Gasteiger partial charge >= 0.3 is 11.7 Å². The van der Waals surface area contributed by atoms with Gasteiger partial charge < -0.3 is 14.2 Å². The van der Waals surface area contributed by atoms with Crippen LogP contribution in [0.4, 0.5) is 4.39 Å². The first-order chi connectivity index (χ1) is 12.6. The first-order valence-corrected chi connectivity index (χ1v) is 8.52. The second-order valence-corrected chi connectivity index (χ2v) is 6.89. The van der Waals surface area contributed by atoms with Gasteiger partial charge in [0.15, 0.2) is 5.79 Å². The topological polar surface area (TPSA) is 112 Å².